The Hall–Kier alpha value is -6.95. The van der Waals surface area contributed by atoms with Crippen LogP contribution in [0.15, 0.2) is 140 Å². The van der Waals surface area contributed by atoms with Crippen LogP contribution in [0, 0.1) is 18.8 Å². The minimum absolute atomic E-state index is 0. The first-order valence-electron chi connectivity index (χ1n) is 28.8. The van der Waals surface area contributed by atoms with Crippen LogP contribution in [-0.2, 0) is 61.1 Å². The number of hydrogen-bond acceptors (Lipinski definition) is 5. The van der Waals surface area contributed by atoms with Gasteiger partial charge in [-0.05, 0) is 121 Å². The van der Waals surface area contributed by atoms with E-state index in [9.17, 15) is 0 Å². The van der Waals surface area contributed by atoms with Crippen LogP contribution < -0.4 is 14.5 Å². The number of pyridine rings is 1. The summed E-state index contributed by atoms with van der Waals surface area (Å²) in [6.07, 6.45) is 5.18. The number of ether oxygens (including phenoxy) is 1. The van der Waals surface area contributed by atoms with E-state index in [-0.39, 0.29) is 48.1 Å². The third-order valence-corrected chi connectivity index (χ3v) is 16.6. The summed E-state index contributed by atoms with van der Waals surface area (Å²) in [7, 11) is 0. The molecule has 2 aliphatic heterocycles. The summed E-state index contributed by atoms with van der Waals surface area (Å²) in [5.74, 6) is 3.22. The maximum atomic E-state index is 7.06. The molecular weight excluding hydrogens is 1170 g/mol. The molecule has 10 aromatic rings. The molecule has 3 aromatic heterocycles. The van der Waals surface area contributed by atoms with E-state index in [0.717, 1.165) is 98.6 Å². The van der Waals surface area contributed by atoms with Crippen LogP contribution in [0.1, 0.15) is 150 Å². The molecule has 2 aliphatic rings. The number of rotatable bonds is 7. The number of imidazole rings is 1. The Morgan fingerprint density at radius 3 is 1.72 bits per heavy atom. The van der Waals surface area contributed by atoms with Crippen molar-refractivity contribution < 1.29 is 25.8 Å². The van der Waals surface area contributed by atoms with Gasteiger partial charge in [-0.1, -0.05) is 176 Å². The maximum absolute atomic E-state index is 7.06. The molecular formula is C73H77N6OPt-3. The summed E-state index contributed by atoms with van der Waals surface area (Å²) >= 11 is 0. The number of para-hydroxylation sites is 1. The van der Waals surface area contributed by atoms with Crippen LogP contribution in [0.2, 0.25) is 0 Å². The molecule has 12 rings (SSSR count). The molecule has 0 fully saturated rings. The third-order valence-electron chi connectivity index (χ3n) is 16.6. The summed E-state index contributed by atoms with van der Waals surface area (Å²) in [6.45, 7) is 37.5. The van der Waals surface area contributed by atoms with Crippen LogP contribution in [-0.4, -0.2) is 19.1 Å². The Labute approximate surface area is 495 Å². The van der Waals surface area contributed by atoms with Gasteiger partial charge < -0.3 is 23.7 Å². The van der Waals surface area contributed by atoms with E-state index in [1.54, 1.807) is 0 Å². The minimum Gasteiger partial charge on any atom is -0.509 e. The Morgan fingerprint density at radius 1 is 0.506 bits per heavy atom. The zero-order valence-electron chi connectivity index (χ0n) is 50.1. The van der Waals surface area contributed by atoms with Crippen molar-refractivity contribution in [3.05, 3.63) is 192 Å². The quantitative estimate of drug-likeness (QED) is 0.149. The summed E-state index contributed by atoms with van der Waals surface area (Å²) in [4.78, 5) is 15.1. The molecule has 0 amide bonds. The van der Waals surface area contributed by atoms with E-state index in [2.05, 4.69) is 269 Å². The van der Waals surface area contributed by atoms with E-state index < -0.39 is 0 Å². The van der Waals surface area contributed by atoms with E-state index in [1.807, 2.05) is 12.3 Å². The van der Waals surface area contributed by atoms with E-state index in [0.29, 0.717) is 11.5 Å². The molecule has 5 heterocycles. The van der Waals surface area contributed by atoms with Gasteiger partial charge in [-0.2, -0.15) is 6.07 Å². The fourth-order valence-electron chi connectivity index (χ4n) is 11.7. The number of aromatic nitrogens is 4. The SMILES string of the molecule is CC(C)(C)c1ccc(-c2cc(C(C)(C)C)cc(-c3ccc(C(C)(C)C)cc3)c2N2[CH-]N(c3[c-]c(Oc4[c-]c5c(cc4)c4ccccc4n5-c4cc(C(C)(C)C)ccn4)cc(C(C)(C)C)c3)c3cc4nc5n(c4cc32)CCCC5)cc1.[Pt]. The average Bonchev–Trinajstić information content (AvgIpc) is 4.14. The van der Waals surface area contributed by atoms with E-state index >= 15 is 0 Å². The number of nitrogens with zero attached hydrogens (tertiary/aromatic N) is 6. The van der Waals surface area contributed by atoms with E-state index in [4.69, 9.17) is 14.7 Å². The number of aryl methyl sites for hydroxylation is 2. The first-order chi connectivity index (χ1) is 37.8. The zero-order chi connectivity index (χ0) is 56.4. The monoisotopic (exact) mass is 1250 g/mol. The largest absolute Gasteiger partial charge is 0.509 e. The van der Waals surface area contributed by atoms with Gasteiger partial charge in [0.25, 0.3) is 0 Å². The second kappa shape index (κ2) is 20.2. The van der Waals surface area contributed by atoms with Crippen molar-refractivity contribution in [2.24, 2.45) is 0 Å². The first-order valence-corrected chi connectivity index (χ1v) is 28.8. The number of anilines is 4. The van der Waals surface area contributed by atoms with Crippen molar-refractivity contribution in [1.29, 1.82) is 0 Å². The van der Waals surface area contributed by atoms with Crippen molar-refractivity contribution >= 4 is 55.6 Å². The normalized spacial score (nSPS) is 14.2. The molecule has 7 aromatic carbocycles. The topological polar surface area (TPSA) is 51.4 Å². The van der Waals surface area contributed by atoms with Crippen molar-refractivity contribution in [2.75, 3.05) is 9.80 Å². The fourth-order valence-corrected chi connectivity index (χ4v) is 11.7. The second-order valence-corrected chi connectivity index (χ2v) is 27.7. The predicted octanol–water partition coefficient (Wildman–Crippen LogP) is 19.5. The molecule has 7 nitrogen and oxygen atoms in total. The summed E-state index contributed by atoms with van der Waals surface area (Å²) in [5, 5.41) is 2.23. The molecule has 0 N–H and O–H groups in total. The summed E-state index contributed by atoms with van der Waals surface area (Å²) < 4.78 is 11.7. The molecule has 0 saturated carbocycles. The Morgan fingerprint density at radius 2 is 1.10 bits per heavy atom. The van der Waals surface area contributed by atoms with Gasteiger partial charge in [-0.15, -0.1) is 53.6 Å². The zero-order valence-corrected chi connectivity index (χ0v) is 52.4. The molecule has 0 saturated heterocycles. The van der Waals surface area contributed by atoms with Gasteiger partial charge in [-0.25, -0.2) is 9.97 Å². The fraction of sp³-hybridized carbons (Fsp3) is 0.329. The van der Waals surface area contributed by atoms with Gasteiger partial charge in [0.1, 0.15) is 11.6 Å². The smallest absolute Gasteiger partial charge is 0.135 e. The molecule has 81 heavy (non-hydrogen) atoms. The van der Waals surface area contributed by atoms with Gasteiger partial charge in [0.2, 0.25) is 0 Å². The Kier molecular flexibility index (Phi) is 13.9. The van der Waals surface area contributed by atoms with Gasteiger partial charge in [0, 0.05) is 85.4 Å². The van der Waals surface area contributed by atoms with Crippen molar-refractivity contribution in [1.82, 2.24) is 19.1 Å². The van der Waals surface area contributed by atoms with Gasteiger partial charge in [0.15, 0.2) is 0 Å². The van der Waals surface area contributed by atoms with Crippen LogP contribution in [0.25, 0.3) is 60.9 Å². The van der Waals surface area contributed by atoms with Gasteiger partial charge in [0.05, 0.1) is 11.0 Å². The van der Waals surface area contributed by atoms with Crippen LogP contribution >= 0.6 is 0 Å². The van der Waals surface area contributed by atoms with Crippen molar-refractivity contribution in [3.8, 4) is 39.6 Å². The second-order valence-electron chi connectivity index (χ2n) is 27.7. The van der Waals surface area contributed by atoms with Crippen molar-refractivity contribution in [3.63, 3.8) is 0 Å². The molecule has 0 unspecified atom stereocenters. The Balaban J connectivity index is 0.00000690. The molecule has 8 heteroatoms. The van der Waals surface area contributed by atoms with Crippen molar-refractivity contribution in [2.45, 2.75) is 157 Å². The molecule has 0 bridgehead atoms. The molecule has 0 spiro atoms. The summed E-state index contributed by atoms with van der Waals surface area (Å²) in [6, 6.07) is 57.3. The molecule has 0 atom stereocenters. The number of hydrogen-bond donors (Lipinski definition) is 0. The number of fused-ring (bicyclic) bond motifs is 7. The number of benzene rings is 7. The molecule has 0 radical (unpaired) electrons. The van der Waals surface area contributed by atoms with Crippen LogP contribution in [0.3, 0.4) is 0 Å². The standard InChI is InChI=1S/C73H77N6O.Pt/c1-69(2,3)48-27-23-46(24-28-48)58-38-52(73(13,14)15)39-59(47-25-29-49(30-26-47)70(4,5)6)68(58)78-45-77(64-43-60-63(44-65(64)78)76-35-19-18-22-66(76)75-60)53-36-51(72(10,11)12)37-55(41-53)80-54-31-32-57-56-20-16-17-21-61(56)79(62(57)42-54)67-40-50(33-34-74-67)71(7,8)9;/h16-17,20-21,23-34,36-40,43-45H,18-19,22,35H2,1-15H3;/q-3;. The minimum atomic E-state index is -0.234. The molecule has 0 aliphatic carbocycles. The van der Waals surface area contributed by atoms with Crippen LogP contribution in [0.4, 0.5) is 22.7 Å². The molecule has 418 valence electrons. The first kappa shape index (κ1) is 55.9. The van der Waals surface area contributed by atoms with Gasteiger partial charge in [-0.3, -0.25) is 0 Å². The van der Waals surface area contributed by atoms with E-state index in [1.165, 1.54) is 44.5 Å². The third kappa shape index (κ3) is 10.4. The van der Waals surface area contributed by atoms with Crippen LogP contribution in [0.5, 0.6) is 11.5 Å². The summed E-state index contributed by atoms with van der Waals surface area (Å²) in [5.41, 5.74) is 18.8. The Bertz CT molecular complexity index is 3950. The predicted molar refractivity (Wildman–Crippen MR) is 335 cm³/mol. The average molecular weight is 1250 g/mol. The van der Waals surface area contributed by atoms with Gasteiger partial charge >= 0.3 is 0 Å². The maximum Gasteiger partial charge on any atom is 0.135 e.